The van der Waals surface area contributed by atoms with Gasteiger partial charge < -0.3 is 14.8 Å². The van der Waals surface area contributed by atoms with Crippen LogP contribution in [-0.4, -0.2) is 11.7 Å². The maximum Gasteiger partial charge on any atom is 0.134 e. The average Bonchev–Trinajstić information content (AvgIpc) is 3.07. The van der Waals surface area contributed by atoms with E-state index in [0.717, 1.165) is 33.2 Å². The molecular weight excluding hydrogens is 322 g/mol. The van der Waals surface area contributed by atoms with Crippen molar-refractivity contribution in [1.82, 2.24) is 5.32 Å². The van der Waals surface area contributed by atoms with E-state index in [-0.39, 0.29) is 0 Å². The molecule has 0 saturated carbocycles. The molecule has 1 heterocycles. The van der Waals surface area contributed by atoms with Crippen LogP contribution in [0.3, 0.4) is 0 Å². The molecular formula is C20H20ClNO2. The Balaban J connectivity index is 1.57. The molecule has 24 heavy (non-hydrogen) atoms. The van der Waals surface area contributed by atoms with Gasteiger partial charge in [-0.3, -0.25) is 0 Å². The number of furan rings is 1. The average molecular weight is 342 g/mol. The van der Waals surface area contributed by atoms with Crippen molar-refractivity contribution in [3.63, 3.8) is 0 Å². The fourth-order valence-corrected chi connectivity index (χ4v) is 2.68. The molecule has 2 aromatic carbocycles. The second kappa shape index (κ2) is 7.67. The van der Waals surface area contributed by atoms with E-state index in [1.807, 2.05) is 67.6 Å². The van der Waals surface area contributed by atoms with Crippen LogP contribution in [0, 0.1) is 6.92 Å². The second-order valence-corrected chi connectivity index (χ2v) is 6.19. The third-order valence-electron chi connectivity index (χ3n) is 3.94. The van der Waals surface area contributed by atoms with Gasteiger partial charge in [-0.2, -0.15) is 0 Å². The Bertz CT molecular complexity index is 798. The van der Waals surface area contributed by atoms with Crippen molar-refractivity contribution in [2.24, 2.45) is 0 Å². The van der Waals surface area contributed by atoms with Crippen LogP contribution in [0.5, 0.6) is 0 Å². The molecule has 0 aliphatic heterocycles. The Morgan fingerprint density at radius 3 is 2.62 bits per heavy atom. The molecule has 0 unspecified atom stereocenters. The van der Waals surface area contributed by atoms with Crippen molar-refractivity contribution in [2.45, 2.75) is 19.6 Å². The Hall–Kier alpha value is -2.07. The predicted octanol–water partition coefficient (Wildman–Crippen LogP) is 4.73. The van der Waals surface area contributed by atoms with Gasteiger partial charge in [0.15, 0.2) is 0 Å². The lowest BCUT2D eigenvalue weighted by molar-refractivity contribution is 0.173. The van der Waals surface area contributed by atoms with Gasteiger partial charge in [0, 0.05) is 17.1 Å². The summed E-state index contributed by atoms with van der Waals surface area (Å²) in [4.78, 5) is 0. The highest BCUT2D eigenvalue weighted by molar-refractivity contribution is 6.31. The van der Waals surface area contributed by atoms with Gasteiger partial charge in [0.25, 0.3) is 0 Å². The molecule has 3 aromatic rings. The smallest absolute Gasteiger partial charge is 0.134 e. The van der Waals surface area contributed by atoms with Crippen LogP contribution in [0.4, 0.5) is 0 Å². The number of halogens is 1. The van der Waals surface area contributed by atoms with E-state index in [9.17, 15) is 5.11 Å². The van der Waals surface area contributed by atoms with Crippen molar-refractivity contribution in [1.29, 1.82) is 0 Å². The minimum absolute atomic E-state index is 0.469. The Morgan fingerprint density at radius 2 is 1.88 bits per heavy atom. The number of hydrogen-bond acceptors (Lipinski definition) is 3. The third kappa shape index (κ3) is 4.06. The van der Waals surface area contributed by atoms with Crippen LogP contribution < -0.4 is 5.32 Å². The molecule has 0 amide bonds. The summed E-state index contributed by atoms with van der Waals surface area (Å²) in [5.74, 6) is 1.61. The van der Waals surface area contributed by atoms with E-state index in [0.29, 0.717) is 13.1 Å². The van der Waals surface area contributed by atoms with Crippen LogP contribution in [0.15, 0.2) is 65.1 Å². The number of hydrogen-bond donors (Lipinski definition) is 2. The molecule has 0 fully saturated rings. The zero-order valence-electron chi connectivity index (χ0n) is 13.5. The molecule has 0 radical (unpaired) electrons. The number of benzene rings is 2. The van der Waals surface area contributed by atoms with Crippen LogP contribution in [-0.2, 0) is 6.54 Å². The molecule has 0 aliphatic carbocycles. The molecule has 3 rings (SSSR count). The molecule has 0 aliphatic rings. The van der Waals surface area contributed by atoms with Crippen LogP contribution >= 0.6 is 11.6 Å². The molecule has 124 valence electrons. The van der Waals surface area contributed by atoms with Gasteiger partial charge in [-0.05, 0) is 36.2 Å². The lowest BCUT2D eigenvalue weighted by Gasteiger charge is -2.11. The normalized spacial score (nSPS) is 12.3. The van der Waals surface area contributed by atoms with Crippen LogP contribution in [0.25, 0.3) is 11.3 Å². The topological polar surface area (TPSA) is 45.4 Å². The molecule has 1 aromatic heterocycles. The van der Waals surface area contributed by atoms with Gasteiger partial charge in [0.05, 0.1) is 12.6 Å². The van der Waals surface area contributed by atoms with Crippen molar-refractivity contribution in [2.75, 3.05) is 6.54 Å². The number of aliphatic hydroxyl groups excluding tert-OH is 1. The largest absolute Gasteiger partial charge is 0.460 e. The number of rotatable bonds is 6. The van der Waals surface area contributed by atoms with Crippen LogP contribution in [0.2, 0.25) is 5.02 Å². The van der Waals surface area contributed by atoms with Crippen molar-refractivity contribution < 1.29 is 9.52 Å². The standard InChI is InChI=1S/C20H20ClNO2/c1-14-7-8-16(11-18(14)21)20-10-9-17(24-20)12-22-13-19(23)15-5-3-2-4-6-15/h2-11,19,22-23H,12-13H2,1H3/t19-/m0/s1. The van der Waals surface area contributed by atoms with E-state index < -0.39 is 6.10 Å². The third-order valence-corrected chi connectivity index (χ3v) is 4.35. The zero-order chi connectivity index (χ0) is 16.9. The monoisotopic (exact) mass is 341 g/mol. The number of aliphatic hydroxyl groups is 1. The minimum atomic E-state index is -0.531. The molecule has 0 bridgehead atoms. The van der Waals surface area contributed by atoms with Crippen molar-refractivity contribution >= 4 is 11.6 Å². The zero-order valence-corrected chi connectivity index (χ0v) is 14.3. The summed E-state index contributed by atoms with van der Waals surface area (Å²) in [6, 6.07) is 19.4. The van der Waals surface area contributed by atoms with E-state index in [1.54, 1.807) is 0 Å². The Kier molecular flexibility index (Phi) is 5.36. The fraction of sp³-hybridized carbons (Fsp3) is 0.200. The second-order valence-electron chi connectivity index (χ2n) is 5.79. The lowest BCUT2D eigenvalue weighted by Crippen LogP contribution is -2.20. The first-order valence-electron chi connectivity index (χ1n) is 7.92. The van der Waals surface area contributed by atoms with Crippen molar-refractivity contribution in [3.8, 4) is 11.3 Å². The van der Waals surface area contributed by atoms with Gasteiger partial charge in [0.2, 0.25) is 0 Å². The molecule has 1 atom stereocenters. The highest BCUT2D eigenvalue weighted by Gasteiger charge is 2.09. The molecule has 2 N–H and O–H groups in total. The van der Waals surface area contributed by atoms with Crippen LogP contribution in [0.1, 0.15) is 23.0 Å². The summed E-state index contributed by atoms with van der Waals surface area (Å²) in [5, 5.41) is 14.1. The summed E-state index contributed by atoms with van der Waals surface area (Å²) < 4.78 is 5.85. The quantitative estimate of drug-likeness (QED) is 0.681. The van der Waals surface area contributed by atoms with E-state index in [2.05, 4.69) is 5.32 Å². The summed E-state index contributed by atoms with van der Waals surface area (Å²) >= 11 is 6.17. The molecule has 3 nitrogen and oxygen atoms in total. The maximum absolute atomic E-state index is 10.1. The van der Waals surface area contributed by atoms with Gasteiger partial charge in [-0.1, -0.05) is 54.1 Å². The first-order chi connectivity index (χ1) is 11.6. The minimum Gasteiger partial charge on any atom is -0.460 e. The molecule has 4 heteroatoms. The Labute approximate surface area is 146 Å². The van der Waals surface area contributed by atoms with Gasteiger partial charge in [-0.15, -0.1) is 0 Å². The summed E-state index contributed by atoms with van der Waals surface area (Å²) in [6.07, 6.45) is -0.531. The predicted molar refractivity (Wildman–Crippen MR) is 97.0 cm³/mol. The molecule has 0 spiro atoms. The SMILES string of the molecule is Cc1ccc(-c2ccc(CNC[C@H](O)c3ccccc3)o2)cc1Cl. The summed E-state index contributed by atoms with van der Waals surface area (Å²) in [6.45, 7) is 3.00. The first kappa shape index (κ1) is 16.8. The maximum atomic E-state index is 10.1. The van der Waals surface area contributed by atoms with E-state index >= 15 is 0 Å². The van der Waals surface area contributed by atoms with Gasteiger partial charge in [-0.25, -0.2) is 0 Å². The highest BCUT2D eigenvalue weighted by atomic mass is 35.5. The van der Waals surface area contributed by atoms with E-state index in [1.165, 1.54) is 0 Å². The fourth-order valence-electron chi connectivity index (χ4n) is 2.50. The van der Waals surface area contributed by atoms with Gasteiger partial charge >= 0.3 is 0 Å². The summed E-state index contributed by atoms with van der Waals surface area (Å²) in [5.41, 5.74) is 2.91. The summed E-state index contributed by atoms with van der Waals surface area (Å²) in [7, 11) is 0. The Morgan fingerprint density at radius 1 is 1.08 bits per heavy atom. The lowest BCUT2D eigenvalue weighted by atomic mass is 10.1. The number of nitrogens with one attached hydrogen (secondary N) is 1. The van der Waals surface area contributed by atoms with Gasteiger partial charge in [0.1, 0.15) is 11.5 Å². The number of aryl methyl sites for hydroxylation is 1. The molecule has 0 saturated heterocycles. The van der Waals surface area contributed by atoms with E-state index in [4.69, 9.17) is 16.0 Å². The van der Waals surface area contributed by atoms with Crippen molar-refractivity contribution in [3.05, 3.63) is 82.6 Å². The first-order valence-corrected chi connectivity index (χ1v) is 8.30. The highest BCUT2D eigenvalue weighted by Crippen LogP contribution is 2.26.